The highest BCUT2D eigenvalue weighted by Gasteiger charge is 2.35. The van der Waals surface area contributed by atoms with E-state index in [1.807, 2.05) is 0 Å². The van der Waals surface area contributed by atoms with Gasteiger partial charge in [0.2, 0.25) is 0 Å². The molecule has 3 atom stereocenters. The molecule has 2 aromatic rings. The third-order valence-corrected chi connectivity index (χ3v) is 5.33. The molecule has 2 bridgehead atoms. The minimum absolute atomic E-state index is 0.243. The number of nitriles is 1. The molecule has 28 heavy (non-hydrogen) atoms. The quantitative estimate of drug-likeness (QED) is 0.759. The van der Waals surface area contributed by atoms with Crippen LogP contribution >= 0.6 is 0 Å². The van der Waals surface area contributed by atoms with Crippen molar-refractivity contribution >= 4 is 5.95 Å². The lowest BCUT2D eigenvalue weighted by atomic mass is 9.84. The van der Waals surface area contributed by atoms with E-state index >= 15 is 0 Å². The van der Waals surface area contributed by atoms with E-state index in [0.29, 0.717) is 35.6 Å². The molecule has 2 fully saturated rings. The molecule has 9 heteroatoms. The number of aliphatic hydroxyl groups excluding tert-OH is 1. The standard InChI is InChI=1S/C19H25N7O2/c1-24-22-19(21-23-24)26-10-15-6-16(11-26)9-25(8-15)12-17(27)13-28-18-4-2-14(7-20)3-5-18/h2-5,15-17,27H,6,8-13H2,1H3. The van der Waals surface area contributed by atoms with Crippen LogP contribution in [0.4, 0.5) is 5.95 Å². The number of piperidine rings is 2. The van der Waals surface area contributed by atoms with Crippen LogP contribution in [0.15, 0.2) is 24.3 Å². The predicted molar refractivity (Wildman–Crippen MR) is 102 cm³/mol. The van der Waals surface area contributed by atoms with Gasteiger partial charge in [-0.1, -0.05) is 5.10 Å². The van der Waals surface area contributed by atoms with Crippen LogP contribution in [-0.2, 0) is 7.05 Å². The van der Waals surface area contributed by atoms with E-state index in [1.54, 1.807) is 31.3 Å². The molecule has 148 valence electrons. The zero-order chi connectivity index (χ0) is 19.5. The van der Waals surface area contributed by atoms with Crippen molar-refractivity contribution in [2.45, 2.75) is 12.5 Å². The molecule has 2 aliphatic heterocycles. The average molecular weight is 383 g/mol. The summed E-state index contributed by atoms with van der Waals surface area (Å²) in [5.74, 6) is 2.47. The van der Waals surface area contributed by atoms with Gasteiger partial charge in [-0.25, -0.2) is 0 Å². The van der Waals surface area contributed by atoms with E-state index in [2.05, 4.69) is 31.3 Å². The molecule has 1 aromatic heterocycles. The van der Waals surface area contributed by atoms with Crippen LogP contribution in [0, 0.1) is 23.2 Å². The van der Waals surface area contributed by atoms with Gasteiger partial charge in [0, 0.05) is 32.7 Å². The maximum atomic E-state index is 10.4. The molecule has 0 saturated carbocycles. The van der Waals surface area contributed by atoms with Crippen molar-refractivity contribution in [1.82, 2.24) is 25.1 Å². The van der Waals surface area contributed by atoms with Gasteiger partial charge in [0.1, 0.15) is 18.5 Å². The van der Waals surface area contributed by atoms with Gasteiger partial charge in [-0.3, -0.25) is 4.90 Å². The first-order valence-electron chi connectivity index (χ1n) is 9.61. The van der Waals surface area contributed by atoms with Crippen molar-refractivity contribution in [3.8, 4) is 11.8 Å². The lowest BCUT2D eigenvalue weighted by Crippen LogP contribution is -2.54. The number of hydrogen-bond acceptors (Lipinski definition) is 8. The van der Waals surface area contributed by atoms with Crippen molar-refractivity contribution in [2.24, 2.45) is 18.9 Å². The summed E-state index contributed by atoms with van der Waals surface area (Å²) in [6, 6.07) is 9.02. The molecule has 0 spiro atoms. The zero-order valence-corrected chi connectivity index (χ0v) is 16.0. The predicted octanol–water partition coefficient (Wildman–Crippen LogP) is 0.280. The second-order valence-electron chi connectivity index (χ2n) is 7.77. The van der Waals surface area contributed by atoms with Gasteiger partial charge in [-0.15, -0.1) is 5.10 Å². The number of tetrazole rings is 1. The Hall–Kier alpha value is -2.70. The molecular formula is C19H25N7O2. The molecule has 0 amide bonds. The number of ether oxygens (including phenoxy) is 1. The molecule has 0 aliphatic carbocycles. The molecule has 0 radical (unpaired) electrons. The molecule has 2 saturated heterocycles. The summed E-state index contributed by atoms with van der Waals surface area (Å²) in [5.41, 5.74) is 0.596. The lowest BCUT2D eigenvalue weighted by Gasteiger charge is -2.45. The highest BCUT2D eigenvalue weighted by Crippen LogP contribution is 2.30. The van der Waals surface area contributed by atoms with Gasteiger partial charge in [-0.05, 0) is 47.7 Å². The Kier molecular flexibility index (Phi) is 5.41. The zero-order valence-electron chi connectivity index (χ0n) is 16.0. The molecule has 3 heterocycles. The lowest BCUT2D eigenvalue weighted by molar-refractivity contribution is 0.0333. The van der Waals surface area contributed by atoms with E-state index in [1.165, 1.54) is 11.2 Å². The largest absolute Gasteiger partial charge is 0.491 e. The minimum atomic E-state index is -0.549. The Balaban J connectivity index is 1.25. The van der Waals surface area contributed by atoms with Crippen LogP contribution in [0.3, 0.4) is 0 Å². The topological polar surface area (TPSA) is 103 Å². The molecule has 3 unspecified atom stereocenters. The van der Waals surface area contributed by atoms with Crippen molar-refractivity contribution in [3.63, 3.8) is 0 Å². The summed E-state index contributed by atoms with van der Waals surface area (Å²) in [4.78, 5) is 6.07. The number of β-amino-alcohol motifs (C(OH)–C–C–N with tert-alkyl or cyclic N) is 1. The van der Waals surface area contributed by atoms with Crippen molar-refractivity contribution in [1.29, 1.82) is 5.26 Å². The van der Waals surface area contributed by atoms with E-state index < -0.39 is 6.10 Å². The number of aryl methyl sites for hydroxylation is 1. The second-order valence-corrected chi connectivity index (χ2v) is 7.77. The molecular weight excluding hydrogens is 358 g/mol. The SMILES string of the molecule is Cn1nnc(N2CC3CC(CN(CC(O)COc4ccc(C#N)cc4)C3)C2)n1. The van der Waals surface area contributed by atoms with E-state index in [0.717, 1.165) is 26.2 Å². The van der Waals surface area contributed by atoms with Gasteiger partial charge in [0.25, 0.3) is 5.95 Å². The Morgan fingerprint density at radius 2 is 1.93 bits per heavy atom. The fourth-order valence-corrected chi connectivity index (χ4v) is 4.27. The van der Waals surface area contributed by atoms with E-state index in [9.17, 15) is 5.11 Å². The summed E-state index contributed by atoms with van der Waals surface area (Å²) in [6.45, 7) is 4.62. The number of hydrogen-bond donors (Lipinski definition) is 1. The highest BCUT2D eigenvalue weighted by atomic mass is 16.5. The van der Waals surface area contributed by atoms with Gasteiger partial charge in [0.15, 0.2) is 0 Å². The molecule has 9 nitrogen and oxygen atoms in total. The van der Waals surface area contributed by atoms with Crippen molar-refractivity contribution in [3.05, 3.63) is 29.8 Å². The summed E-state index contributed by atoms with van der Waals surface area (Å²) in [7, 11) is 1.78. The number of benzene rings is 1. The van der Waals surface area contributed by atoms with Gasteiger partial charge in [-0.2, -0.15) is 10.1 Å². The summed E-state index contributed by atoms with van der Waals surface area (Å²) < 4.78 is 5.66. The van der Waals surface area contributed by atoms with Gasteiger partial charge in [0.05, 0.1) is 18.7 Å². The van der Waals surface area contributed by atoms with Crippen molar-refractivity contribution in [2.75, 3.05) is 44.2 Å². The number of rotatable bonds is 6. The Morgan fingerprint density at radius 3 is 2.54 bits per heavy atom. The number of anilines is 1. The highest BCUT2D eigenvalue weighted by molar-refractivity contribution is 5.34. The summed E-state index contributed by atoms with van der Waals surface area (Å²) in [6.07, 6.45) is 0.665. The van der Waals surface area contributed by atoms with Crippen LogP contribution in [-0.4, -0.2) is 75.6 Å². The Labute approximate surface area is 164 Å². The molecule has 2 aliphatic rings. The summed E-state index contributed by atoms with van der Waals surface area (Å²) in [5, 5.41) is 31.6. The van der Waals surface area contributed by atoms with Crippen LogP contribution in [0.2, 0.25) is 0 Å². The van der Waals surface area contributed by atoms with Crippen molar-refractivity contribution < 1.29 is 9.84 Å². The maximum absolute atomic E-state index is 10.4. The van der Waals surface area contributed by atoms with E-state index in [-0.39, 0.29) is 6.61 Å². The second kappa shape index (κ2) is 8.12. The third-order valence-electron chi connectivity index (χ3n) is 5.33. The molecule has 4 rings (SSSR count). The number of likely N-dealkylation sites (tertiary alicyclic amines) is 1. The van der Waals surface area contributed by atoms with E-state index in [4.69, 9.17) is 10.00 Å². The molecule has 1 aromatic carbocycles. The number of nitrogens with zero attached hydrogens (tertiary/aromatic N) is 7. The van der Waals surface area contributed by atoms with Crippen LogP contribution in [0.25, 0.3) is 0 Å². The monoisotopic (exact) mass is 383 g/mol. The van der Waals surface area contributed by atoms with Crippen LogP contribution < -0.4 is 9.64 Å². The third kappa shape index (κ3) is 4.40. The first kappa shape index (κ1) is 18.7. The smallest absolute Gasteiger partial charge is 0.266 e. The first-order chi connectivity index (χ1) is 13.6. The number of aliphatic hydroxyl groups is 1. The Bertz CT molecular complexity index is 818. The number of fused-ring (bicyclic) bond motifs is 2. The first-order valence-corrected chi connectivity index (χ1v) is 9.61. The van der Waals surface area contributed by atoms with Crippen LogP contribution in [0.5, 0.6) is 5.75 Å². The Morgan fingerprint density at radius 1 is 1.21 bits per heavy atom. The summed E-state index contributed by atoms with van der Waals surface area (Å²) >= 11 is 0. The fraction of sp³-hybridized carbons (Fsp3) is 0.579. The normalized spacial score (nSPS) is 23.2. The van der Waals surface area contributed by atoms with Crippen LogP contribution in [0.1, 0.15) is 12.0 Å². The maximum Gasteiger partial charge on any atom is 0.266 e. The average Bonchev–Trinajstić information content (AvgIpc) is 3.12. The fourth-order valence-electron chi connectivity index (χ4n) is 4.27. The molecule has 1 N–H and O–H groups in total. The number of aromatic nitrogens is 4. The van der Waals surface area contributed by atoms with Gasteiger partial charge >= 0.3 is 0 Å². The van der Waals surface area contributed by atoms with Gasteiger partial charge < -0.3 is 14.7 Å². The minimum Gasteiger partial charge on any atom is -0.491 e.